The van der Waals surface area contributed by atoms with Gasteiger partial charge in [0.1, 0.15) is 0 Å². The molecule has 3 rings (SSSR count). The highest BCUT2D eigenvalue weighted by molar-refractivity contribution is 5.21. The largest absolute Gasteiger partial charge is 0.313 e. The number of rotatable bonds is 6. The Hall–Kier alpha value is -0.960. The van der Waals surface area contributed by atoms with Crippen LogP contribution in [-0.4, -0.2) is 12.6 Å². The normalized spacial score (nSPS) is 29.2. The summed E-state index contributed by atoms with van der Waals surface area (Å²) in [5.41, 5.74) is 0.517. The molecule has 0 aromatic heterocycles. The Balaban J connectivity index is 1.71. The minimum atomic E-state index is -0.729. The number of fused-ring (bicyclic) bond motifs is 1. The van der Waals surface area contributed by atoms with Gasteiger partial charge in [-0.3, -0.25) is 0 Å². The first-order chi connectivity index (χ1) is 9.72. The summed E-state index contributed by atoms with van der Waals surface area (Å²) in [5.74, 6) is 0.953. The molecule has 0 aliphatic heterocycles. The third-order valence-electron chi connectivity index (χ3n) is 5.07. The smallest absolute Gasteiger partial charge is 0.162 e. The lowest BCUT2D eigenvalue weighted by molar-refractivity contribution is 0.395. The van der Waals surface area contributed by atoms with Gasteiger partial charge in [0.05, 0.1) is 0 Å². The summed E-state index contributed by atoms with van der Waals surface area (Å²) in [4.78, 5) is 0. The molecule has 1 N–H and O–H groups in total. The van der Waals surface area contributed by atoms with Gasteiger partial charge in [-0.2, -0.15) is 0 Å². The van der Waals surface area contributed by atoms with E-state index >= 15 is 0 Å². The highest BCUT2D eigenvalue weighted by atomic mass is 19.2. The molecular formula is C17H23F2N. The van der Waals surface area contributed by atoms with Crippen molar-refractivity contribution in [3.63, 3.8) is 0 Å². The Morgan fingerprint density at radius 1 is 1.25 bits per heavy atom. The van der Waals surface area contributed by atoms with Crippen molar-refractivity contribution in [3.05, 3.63) is 35.4 Å². The van der Waals surface area contributed by atoms with Crippen LogP contribution in [0.3, 0.4) is 0 Å². The fourth-order valence-corrected chi connectivity index (χ4v) is 4.09. The summed E-state index contributed by atoms with van der Waals surface area (Å²) < 4.78 is 27.2. The summed E-state index contributed by atoms with van der Waals surface area (Å²) in [6, 6.07) is 4.83. The van der Waals surface area contributed by atoms with Crippen LogP contribution < -0.4 is 5.32 Å². The molecule has 1 nitrogen and oxygen atoms in total. The molecule has 1 aromatic carbocycles. The van der Waals surface area contributed by atoms with E-state index in [9.17, 15) is 8.78 Å². The molecule has 3 unspecified atom stereocenters. The van der Waals surface area contributed by atoms with Gasteiger partial charge in [0.2, 0.25) is 0 Å². The van der Waals surface area contributed by atoms with Crippen LogP contribution >= 0.6 is 0 Å². The molecule has 3 atom stereocenters. The van der Waals surface area contributed by atoms with Gasteiger partial charge in [0.25, 0.3) is 0 Å². The molecule has 3 heteroatoms. The van der Waals surface area contributed by atoms with Crippen molar-refractivity contribution in [2.45, 2.75) is 45.1 Å². The lowest BCUT2D eigenvalue weighted by atomic mass is 9.96. The van der Waals surface area contributed by atoms with Gasteiger partial charge in [-0.15, -0.1) is 0 Å². The first-order valence-electron chi connectivity index (χ1n) is 7.88. The first kappa shape index (κ1) is 14.0. The summed E-state index contributed by atoms with van der Waals surface area (Å²) in [7, 11) is 0. The van der Waals surface area contributed by atoms with Crippen molar-refractivity contribution in [2.75, 3.05) is 6.54 Å². The quantitative estimate of drug-likeness (QED) is 0.832. The predicted molar refractivity (Wildman–Crippen MR) is 76.5 cm³/mol. The van der Waals surface area contributed by atoms with Gasteiger partial charge in [0, 0.05) is 6.04 Å². The molecule has 2 aliphatic rings. The van der Waals surface area contributed by atoms with Gasteiger partial charge in [-0.25, -0.2) is 8.78 Å². The van der Waals surface area contributed by atoms with E-state index in [1.165, 1.54) is 25.3 Å². The van der Waals surface area contributed by atoms with Gasteiger partial charge in [-0.05, 0) is 61.6 Å². The van der Waals surface area contributed by atoms with Crippen LogP contribution in [0.1, 0.15) is 38.2 Å². The molecule has 2 aliphatic carbocycles. The monoisotopic (exact) mass is 279 g/mol. The van der Waals surface area contributed by atoms with Crippen LogP contribution in [0.25, 0.3) is 0 Å². The SMILES string of the molecule is CCCNC(Cc1cccc(F)c1F)C1C2CCCC21. The fourth-order valence-electron chi connectivity index (χ4n) is 4.09. The lowest BCUT2D eigenvalue weighted by Crippen LogP contribution is -2.35. The molecule has 20 heavy (non-hydrogen) atoms. The van der Waals surface area contributed by atoms with Crippen LogP contribution in [0.15, 0.2) is 18.2 Å². The van der Waals surface area contributed by atoms with Gasteiger partial charge < -0.3 is 5.32 Å². The second-order valence-corrected chi connectivity index (χ2v) is 6.31. The average molecular weight is 279 g/mol. The van der Waals surface area contributed by atoms with Gasteiger partial charge in [-0.1, -0.05) is 25.5 Å². The third-order valence-corrected chi connectivity index (χ3v) is 5.07. The summed E-state index contributed by atoms with van der Waals surface area (Å²) in [6.45, 7) is 3.10. The first-order valence-corrected chi connectivity index (χ1v) is 7.88. The van der Waals surface area contributed by atoms with Crippen molar-refractivity contribution in [3.8, 4) is 0 Å². The molecule has 0 heterocycles. The maximum atomic E-state index is 13.9. The van der Waals surface area contributed by atoms with Crippen molar-refractivity contribution < 1.29 is 8.78 Å². The lowest BCUT2D eigenvalue weighted by Gasteiger charge is -2.21. The molecule has 2 saturated carbocycles. The molecule has 1 aromatic rings. The molecule has 0 saturated heterocycles. The van der Waals surface area contributed by atoms with Crippen LogP contribution in [0.5, 0.6) is 0 Å². The number of benzene rings is 1. The van der Waals surface area contributed by atoms with Crippen molar-refractivity contribution in [2.24, 2.45) is 17.8 Å². The Morgan fingerprint density at radius 2 is 2.00 bits per heavy atom. The van der Waals surface area contributed by atoms with E-state index in [2.05, 4.69) is 12.2 Å². The van der Waals surface area contributed by atoms with Crippen molar-refractivity contribution in [1.82, 2.24) is 5.32 Å². The zero-order valence-corrected chi connectivity index (χ0v) is 12.0. The number of hydrogen-bond donors (Lipinski definition) is 1. The Bertz CT molecular complexity index is 464. The third kappa shape index (κ3) is 2.60. The average Bonchev–Trinajstić information content (AvgIpc) is 2.92. The Morgan fingerprint density at radius 3 is 2.70 bits per heavy atom. The molecule has 0 amide bonds. The predicted octanol–water partition coefficient (Wildman–Crippen LogP) is 3.92. The van der Waals surface area contributed by atoms with E-state index in [0.29, 0.717) is 23.9 Å². The van der Waals surface area contributed by atoms with E-state index in [1.54, 1.807) is 12.1 Å². The highest BCUT2D eigenvalue weighted by Crippen LogP contribution is 2.59. The highest BCUT2D eigenvalue weighted by Gasteiger charge is 2.55. The zero-order valence-electron chi connectivity index (χ0n) is 12.0. The molecule has 2 fully saturated rings. The van der Waals surface area contributed by atoms with E-state index in [4.69, 9.17) is 0 Å². The van der Waals surface area contributed by atoms with Crippen molar-refractivity contribution >= 4 is 0 Å². The van der Waals surface area contributed by atoms with Crippen LogP contribution in [0.2, 0.25) is 0 Å². The van der Waals surface area contributed by atoms with Crippen molar-refractivity contribution in [1.29, 1.82) is 0 Å². The second kappa shape index (κ2) is 5.80. The standard InChI is InChI=1S/C17H23F2N/c1-2-9-20-15(16-12-6-4-7-13(12)16)10-11-5-3-8-14(18)17(11)19/h3,5,8,12-13,15-16,20H,2,4,6-7,9-10H2,1H3. The van der Waals surface area contributed by atoms with E-state index < -0.39 is 11.6 Å². The Kier molecular flexibility index (Phi) is 4.06. The molecule has 0 spiro atoms. The Labute approximate surface area is 119 Å². The summed E-state index contributed by atoms with van der Waals surface area (Å²) in [6.07, 6.45) is 5.68. The second-order valence-electron chi connectivity index (χ2n) is 6.31. The van der Waals surface area contributed by atoms with Crippen LogP contribution in [-0.2, 0) is 6.42 Å². The van der Waals surface area contributed by atoms with E-state index in [1.807, 2.05) is 0 Å². The van der Waals surface area contributed by atoms with Crippen LogP contribution in [0.4, 0.5) is 8.78 Å². The van der Waals surface area contributed by atoms with Gasteiger partial charge in [0.15, 0.2) is 11.6 Å². The van der Waals surface area contributed by atoms with Crippen LogP contribution in [0, 0.1) is 29.4 Å². The summed E-state index contributed by atoms with van der Waals surface area (Å²) in [5, 5.41) is 3.57. The van der Waals surface area contributed by atoms with E-state index in [-0.39, 0.29) is 0 Å². The zero-order chi connectivity index (χ0) is 14.1. The molecule has 110 valence electrons. The summed E-state index contributed by atoms with van der Waals surface area (Å²) >= 11 is 0. The minimum absolute atomic E-state index is 0.307. The number of hydrogen-bond acceptors (Lipinski definition) is 1. The fraction of sp³-hybridized carbons (Fsp3) is 0.647. The molecular weight excluding hydrogens is 256 g/mol. The van der Waals surface area contributed by atoms with Gasteiger partial charge >= 0.3 is 0 Å². The topological polar surface area (TPSA) is 12.0 Å². The number of nitrogens with one attached hydrogen (secondary N) is 1. The molecule has 0 radical (unpaired) electrons. The maximum Gasteiger partial charge on any atom is 0.162 e. The maximum absolute atomic E-state index is 13.9. The van der Waals surface area contributed by atoms with E-state index in [0.717, 1.165) is 24.8 Å². The minimum Gasteiger partial charge on any atom is -0.313 e. The number of halogens is 2. The molecule has 0 bridgehead atoms.